The van der Waals surface area contributed by atoms with Crippen molar-refractivity contribution in [3.8, 4) is 0 Å². The molecule has 0 saturated heterocycles. The van der Waals surface area contributed by atoms with Crippen LogP contribution in [-0.2, 0) is 0 Å². The lowest BCUT2D eigenvalue weighted by Crippen LogP contribution is -2.26. The van der Waals surface area contributed by atoms with Crippen molar-refractivity contribution in [2.45, 2.75) is 39.0 Å². The van der Waals surface area contributed by atoms with Crippen molar-refractivity contribution in [3.05, 3.63) is 21.8 Å². The van der Waals surface area contributed by atoms with Gasteiger partial charge in [-0.2, -0.15) is 0 Å². The highest BCUT2D eigenvalue weighted by Gasteiger charge is 2.31. The maximum absolute atomic E-state index is 6.15. The van der Waals surface area contributed by atoms with Gasteiger partial charge in [0.05, 0.1) is 5.02 Å². The molecule has 1 aromatic heterocycles. The van der Waals surface area contributed by atoms with Crippen LogP contribution in [0, 0.1) is 5.41 Å². The Bertz CT molecular complexity index is 389. The van der Waals surface area contributed by atoms with E-state index in [4.69, 9.17) is 11.6 Å². The van der Waals surface area contributed by atoms with Crippen LogP contribution in [-0.4, -0.2) is 11.5 Å². The van der Waals surface area contributed by atoms with E-state index in [1.807, 2.05) is 6.07 Å². The molecular weight excluding hydrogens is 300 g/mol. The molecule has 17 heavy (non-hydrogen) atoms. The Kier molecular flexibility index (Phi) is 4.31. The van der Waals surface area contributed by atoms with Gasteiger partial charge in [0.25, 0.3) is 0 Å². The molecule has 94 valence electrons. The highest BCUT2D eigenvalue weighted by Crippen LogP contribution is 2.41. The molecule has 0 radical (unpaired) electrons. The van der Waals surface area contributed by atoms with Crippen LogP contribution in [0.1, 0.15) is 39.0 Å². The topological polar surface area (TPSA) is 24.9 Å². The third kappa shape index (κ3) is 3.14. The quantitative estimate of drug-likeness (QED) is 0.856. The fourth-order valence-corrected chi connectivity index (χ4v) is 3.29. The van der Waals surface area contributed by atoms with Gasteiger partial charge >= 0.3 is 0 Å². The average Bonchev–Trinajstić information content (AvgIpc) is 2.77. The minimum absolute atomic E-state index is 0.456. The molecule has 2 nitrogen and oxygen atoms in total. The maximum atomic E-state index is 6.15. The van der Waals surface area contributed by atoms with Gasteiger partial charge in [-0.05, 0) is 46.7 Å². The number of rotatable bonds is 4. The van der Waals surface area contributed by atoms with Crippen LogP contribution in [0.3, 0.4) is 0 Å². The van der Waals surface area contributed by atoms with Gasteiger partial charge in [-0.25, -0.2) is 4.98 Å². The smallest absolute Gasteiger partial charge is 0.144 e. The zero-order valence-corrected chi connectivity index (χ0v) is 12.4. The standard InChI is InChI=1S/C13H18BrClN2/c1-2-13(5-3-4-6-13)9-17-12-11(15)7-10(14)8-16-12/h7-8H,2-6,9H2,1H3,(H,16,17). The van der Waals surface area contributed by atoms with Gasteiger partial charge in [-0.3, -0.25) is 0 Å². The molecule has 4 heteroatoms. The van der Waals surface area contributed by atoms with Crippen LogP contribution in [0.2, 0.25) is 5.02 Å². The third-order valence-electron chi connectivity index (χ3n) is 3.85. The normalized spacial score (nSPS) is 18.3. The molecule has 0 amide bonds. The first kappa shape index (κ1) is 13.2. The second-order valence-corrected chi connectivity index (χ2v) is 6.22. The molecule has 1 aliphatic carbocycles. The Morgan fingerprint density at radius 3 is 2.76 bits per heavy atom. The first-order valence-electron chi connectivity index (χ1n) is 6.20. The van der Waals surface area contributed by atoms with Gasteiger partial charge in [0, 0.05) is 17.2 Å². The minimum atomic E-state index is 0.456. The highest BCUT2D eigenvalue weighted by atomic mass is 79.9. The molecule has 0 spiro atoms. The zero-order valence-electron chi connectivity index (χ0n) is 10.1. The number of nitrogens with one attached hydrogen (secondary N) is 1. The van der Waals surface area contributed by atoms with E-state index in [1.165, 1.54) is 32.1 Å². The summed E-state index contributed by atoms with van der Waals surface area (Å²) in [7, 11) is 0. The number of hydrogen-bond acceptors (Lipinski definition) is 2. The van der Waals surface area contributed by atoms with Crippen molar-refractivity contribution >= 4 is 33.3 Å². The Balaban J connectivity index is 2.01. The lowest BCUT2D eigenvalue weighted by atomic mass is 9.83. The molecule has 1 aromatic rings. The van der Waals surface area contributed by atoms with Crippen molar-refractivity contribution < 1.29 is 0 Å². The van der Waals surface area contributed by atoms with Crippen molar-refractivity contribution in [2.24, 2.45) is 5.41 Å². The summed E-state index contributed by atoms with van der Waals surface area (Å²) in [6.45, 7) is 3.27. The maximum Gasteiger partial charge on any atom is 0.144 e. The van der Waals surface area contributed by atoms with Crippen molar-refractivity contribution in [3.63, 3.8) is 0 Å². The summed E-state index contributed by atoms with van der Waals surface area (Å²) in [4.78, 5) is 4.31. The molecule has 0 aliphatic heterocycles. The van der Waals surface area contributed by atoms with Crippen molar-refractivity contribution in [1.82, 2.24) is 4.98 Å². The lowest BCUT2D eigenvalue weighted by Gasteiger charge is -2.28. The second kappa shape index (κ2) is 5.57. The van der Waals surface area contributed by atoms with Crippen LogP contribution < -0.4 is 5.32 Å². The van der Waals surface area contributed by atoms with Gasteiger partial charge in [-0.15, -0.1) is 0 Å². The number of anilines is 1. The molecule has 1 saturated carbocycles. The first-order chi connectivity index (χ1) is 8.15. The Hall–Kier alpha value is -0.280. The molecule has 1 N–H and O–H groups in total. The van der Waals surface area contributed by atoms with Crippen LogP contribution in [0.25, 0.3) is 0 Å². The van der Waals surface area contributed by atoms with Crippen molar-refractivity contribution in [2.75, 3.05) is 11.9 Å². The van der Waals surface area contributed by atoms with E-state index in [1.54, 1.807) is 6.20 Å². The van der Waals surface area contributed by atoms with E-state index >= 15 is 0 Å². The van der Waals surface area contributed by atoms with Gasteiger partial charge in [-0.1, -0.05) is 31.4 Å². The summed E-state index contributed by atoms with van der Waals surface area (Å²) >= 11 is 9.51. The van der Waals surface area contributed by atoms with Crippen LogP contribution >= 0.6 is 27.5 Å². The number of hydrogen-bond donors (Lipinski definition) is 1. The molecule has 1 fully saturated rings. The number of nitrogens with zero attached hydrogens (tertiary/aromatic N) is 1. The number of halogens is 2. The van der Waals surface area contributed by atoms with E-state index in [0.717, 1.165) is 16.8 Å². The minimum Gasteiger partial charge on any atom is -0.368 e. The van der Waals surface area contributed by atoms with Crippen molar-refractivity contribution in [1.29, 1.82) is 0 Å². The SMILES string of the molecule is CCC1(CNc2ncc(Br)cc2Cl)CCCC1. The predicted octanol–water partition coefficient (Wildman–Crippen LogP) is 4.88. The van der Waals surface area contributed by atoms with E-state index in [9.17, 15) is 0 Å². The monoisotopic (exact) mass is 316 g/mol. The Morgan fingerprint density at radius 2 is 2.18 bits per heavy atom. The molecule has 0 aromatic carbocycles. The van der Waals surface area contributed by atoms with Crippen LogP contribution in [0.4, 0.5) is 5.82 Å². The van der Waals surface area contributed by atoms with E-state index in [2.05, 4.69) is 33.2 Å². The summed E-state index contributed by atoms with van der Waals surface area (Å²) in [5.74, 6) is 0.801. The van der Waals surface area contributed by atoms with Gasteiger partial charge in [0.2, 0.25) is 0 Å². The molecule has 0 atom stereocenters. The highest BCUT2D eigenvalue weighted by molar-refractivity contribution is 9.10. The first-order valence-corrected chi connectivity index (χ1v) is 7.37. The summed E-state index contributed by atoms with van der Waals surface area (Å²) in [6, 6.07) is 1.88. The fourth-order valence-electron chi connectivity index (χ4n) is 2.60. The predicted molar refractivity (Wildman–Crippen MR) is 76.6 cm³/mol. The summed E-state index contributed by atoms with van der Waals surface area (Å²) < 4.78 is 0.916. The van der Waals surface area contributed by atoms with E-state index < -0.39 is 0 Å². The summed E-state index contributed by atoms with van der Waals surface area (Å²) in [5, 5.41) is 4.09. The third-order valence-corrected chi connectivity index (χ3v) is 4.57. The molecule has 2 rings (SSSR count). The van der Waals surface area contributed by atoms with Gasteiger partial charge in [0.1, 0.15) is 5.82 Å². The zero-order chi connectivity index (χ0) is 12.3. The molecular formula is C13H18BrClN2. The Morgan fingerprint density at radius 1 is 1.47 bits per heavy atom. The average molecular weight is 318 g/mol. The molecule has 1 aliphatic rings. The van der Waals surface area contributed by atoms with Gasteiger partial charge < -0.3 is 5.32 Å². The largest absolute Gasteiger partial charge is 0.368 e. The van der Waals surface area contributed by atoms with E-state index in [-0.39, 0.29) is 0 Å². The molecule has 1 heterocycles. The fraction of sp³-hybridized carbons (Fsp3) is 0.615. The van der Waals surface area contributed by atoms with E-state index in [0.29, 0.717) is 10.4 Å². The number of pyridine rings is 1. The lowest BCUT2D eigenvalue weighted by molar-refractivity contribution is 0.306. The van der Waals surface area contributed by atoms with Crippen LogP contribution in [0.5, 0.6) is 0 Å². The summed E-state index contributed by atoms with van der Waals surface area (Å²) in [5.41, 5.74) is 0.456. The Labute approximate surface area is 116 Å². The summed E-state index contributed by atoms with van der Waals surface area (Å²) in [6.07, 6.45) is 8.37. The molecule has 0 unspecified atom stereocenters. The second-order valence-electron chi connectivity index (χ2n) is 4.90. The molecule has 0 bridgehead atoms. The van der Waals surface area contributed by atoms with Crippen LogP contribution in [0.15, 0.2) is 16.7 Å². The number of aromatic nitrogens is 1. The van der Waals surface area contributed by atoms with Gasteiger partial charge in [0.15, 0.2) is 0 Å².